The predicted molar refractivity (Wildman–Crippen MR) is 131 cm³/mol. The molecule has 2 aromatic carbocycles. The predicted octanol–water partition coefficient (Wildman–Crippen LogP) is 5.03. The molecular weight excluding hydrogens is 493 g/mol. The summed E-state index contributed by atoms with van der Waals surface area (Å²) in [6.45, 7) is 5.02. The van der Waals surface area contributed by atoms with Crippen LogP contribution in [0.3, 0.4) is 0 Å². The van der Waals surface area contributed by atoms with Crippen molar-refractivity contribution in [2.75, 3.05) is 0 Å². The Morgan fingerprint density at radius 3 is 1.69 bits per heavy atom. The summed E-state index contributed by atoms with van der Waals surface area (Å²) in [5.41, 5.74) is -0.774. The third-order valence-electron chi connectivity index (χ3n) is 5.97. The van der Waals surface area contributed by atoms with Crippen LogP contribution in [0.25, 0.3) is 0 Å². The standard InChI is InChI=1S/C25H32FNO6S2/c1-24(2,3)27-23(28)33-22(19-13-7-4-8-14-19)25(26,34(29,30)20-15-9-5-10-16-20)35(31,32)21-17-11-6-12-18-21/h5-6,9-12,15-19,22H,4,7-8,13-14H2,1-3H3,(H,27,28). The lowest BCUT2D eigenvalue weighted by Gasteiger charge is -2.38. The van der Waals surface area contributed by atoms with Crippen molar-refractivity contribution in [2.45, 2.75) is 78.6 Å². The van der Waals surface area contributed by atoms with Gasteiger partial charge in [-0.2, -0.15) is 0 Å². The molecule has 10 heteroatoms. The largest absolute Gasteiger partial charge is 0.440 e. The van der Waals surface area contributed by atoms with Crippen molar-refractivity contribution in [3.05, 3.63) is 60.7 Å². The van der Waals surface area contributed by atoms with Crippen LogP contribution < -0.4 is 5.32 Å². The molecule has 0 radical (unpaired) electrons. The van der Waals surface area contributed by atoms with Crippen molar-refractivity contribution < 1.29 is 30.8 Å². The molecule has 0 heterocycles. The van der Waals surface area contributed by atoms with Crippen LogP contribution >= 0.6 is 0 Å². The minimum absolute atomic E-state index is 0.327. The molecular formula is C25H32FNO6S2. The first-order valence-electron chi connectivity index (χ1n) is 11.6. The van der Waals surface area contributed by atoms with Gasteiger partial charge in [0.2, 0.25) is 19.7 Å². The van der Waals surface area contributed by atoms with E-state index < -0.39 is 57.5 Å². The Balaban J connectivity index is 2.27. The molecule has 3 rings (SSSR count). The number of alkyl halides is 1. The number of sulfone groups is 2. The summed E-state index contributed by atoms with van der Waals surface area (Å²) < 4.78 is 74.4. The lowest BCUT2D eigenvalue weighted by atomic mass is 9.85. The fraction of sp³-hybridized carbons (Fsp3) is 0.480. The van der Waals surface area contributed by atoms with Gasteiger partial charge >= 0.3 is 10.4 Å². The van der Waals surface area contributed by atoms with Gasteiger partial charge in [0.15, 0.2) is 6.10 Å². The fourth-order valence-corrected chi connectivity index (χ4v) is 8.81. The SMILES string of the molecule is CC(C)(C)NC(=O)OC(C1CCCCC1)C(F)(S(=O)(=O)c1ccccc1)S(=O)(=O)c1ccccc1. The quantitative estimate of drug-likeness (QED) is 0.543. The molecule has 2 aromatic rings. The van der Waals surface area contributed by atoms with Crippen LogP contribution in [0.5, 0.6) is 0 Å². The summed E-state index contributed by atoms with van der Waals surface area (Å²) in [5.74, 6) is -0.809. The highest BCUT2D eigenvalue weighted by Gasteiger charge is 2.66. The van der Waals surface area contributed by atoms with E-state index in [9.17, 15) is 21.6 Å². The molecule has 1 saturated carbocycles. The Morgan fingerprint density at radius 2 is 1.29 bits per heavy atom. The molecule has 1 N–H and O–H groups in total. The van der Waals surface area contributed by atoms with Gasteiger partial charge in [-0.15, -0.1) is 0 Å². The van der Waals surface area contributed by atoms with E-state index in [2.05, 4.69) is 5.32 Å². The van der Waals surface area contributed by atoms with Crippen LogP contribution in [0.1, 0.15) is 52.9 Å². The third-order valence-corrected chi connectivity index (χ3v) is 11.0. The van der Waals surface area contributed by atoms with Gasteiger partial charge in [-0.05, 0) is 57.9 Å². The van der Waals surface area contributed by atoms with E-state index in [1.165, 1.54) is 36.4 Å². The topological polar surface area (TPSA) is 107 Å². The smallest absolute Gasteiger partial charge is 0.408 e. The van der Waals surface area contributed by atoms with Crippen molar-refractivity contribution in [1.82, 2.24) is 5.32 Å². The second-order valence-corrected chi connectivity index (χ2v) is 14.2. The molecule has 1 aliphatic rings. The van der Waals surface area contributed by atoms with Gasteiger partial charge in [0.25, 0.3) is 0 Å². The number of amides is 1. The van der Waals surface area contributed by atoms with Gasteiger partial charge in [0.05, 0.1) is 9.79 Å². The minimum Gasteiger partial charge on any atom is -0.440 e. The molecule has 0 saturated heterocycles. The van der Waals surface area contributed by atoms with E-state index in [0.29, 0.717) is 25.7 Å². The number of carbonyl (C=O) groups excluding carboxylic acids is 1. The fourth-order valence-electron chi connectivity index (χ4n) is 4.31. The molecule has 0 aromatic heterocycles. The summed E-state index contributed by atoms with van der Waals surface area (Å²) in [6, 6.07) is 13.1. The van der Waals surface area contributed by atoms with Crippen molar-refractivity contribution in [1.29, 1.82) is 0 Å². The Morgan fingerprint density at radius 1 is 0.857 bits per heavy atom. The highest BCUT2D eigenvalue weighted by Crippen LogP contribution is 2.46. The van der Waals surface area contributed by atoms with E-state index in [1.807, 2.05) is 0 Å². The maximum atomic E-state index is 17.5. The summed E-state index contributed by atoms with van der Waals surface area (Å²) in [7, 11) is -10.4. The summed E-state index contributed by atoms with van der Waals surface area (Å²) >= 11 is 0. The summed E-state index contributed by atoms with van der Waals surface area (Å²) in [5, 5.41) is 2.53. The number of nitrogens with one attached hydrogen (secondary N) is 1. The van der Waals surface area contributed by atoms with Gasteiger partial charge in [-0.25, -0.2) is 26.0 Å². The number of alkyl carbamates (subject to hydrolysis) is 1. The number of carbonyl (C=O) groups is 1. The first-order chi connectivity index (χ1) is 16.3. The number of hydrogen-bond donors (Lipinski definition) is 1. The first kappa shape index (κ1) is 27.1. The molecule has 1 amide bonds. The van der Waals surface area contributed by atoms with E-state index in [-0.39, 0.29) is 0 Å². The number of benzene rings is 2. The Hall–Kier alpha value is -2.46. The number of halogens is 1. The van der Waals surface area contributed by atoms with Crippen LogP contribution in [0.4, 0.5) is 9.18 Å². The van der Waals surface area contributed by atoms with Gasteiger partial charge in [0.1, 0.15) is 0 Å². The van der Waals surface area contributed by atoms with Gasteiger partial charge < -0.3 is 10.1 Å². The van der Waals surface area contributed by atoms with E-state index in [1.54, 1.807) is 20.8 Å². The van der Waals surface area contributed by atoms with Crippen molar-refractivity contribution in [2.24, 2.45) is 5.92 Å². The number of hydrogen-bond acceptors (Lipinski definition) is 6. The number of ether oxygens (including phenoxy) is 1. The minimum atomic E-state index is -5.20. The molecule has 0 spiro atoms. The second kappa shape index (κ2) is 10.3. The molecule has 1 aliphatic carbocycles. The van der Waals surface area contributed by atoms with E-state index in [4.69, 9.17) is 4.74 Å². The van der Waals surface area contributed by atoms with Crippen molar-refractivity contribution >= 4 is 25.8 Å². The molecule has 1 fully saturated rings. The average molecular weight is 526 g/mol. The van der Waals surface area contributed by atoms with Gasteiger partial charge in [-0.1, -0.05) is 55.7 Å². The zero-order valence-corrected chi connectivity index (χ0v) is 21.7. The third kappa shape index (κ3) is 5.53. The van der Waals surface area contributed by atoms with Gasteiger partial charge in [0, 0.05) is 11.5 Å². The van der Waals surface area contributed by atoms with Crippen LogP contribution in [0, 0.1) is 5.92 Å². The van der Waals surface area contributed by atoms with Crippen LogP contribution in [-0.2, 0) is 24.4 Å². The van der Waals surface area contributed by atoms with Crippen LogP contribution in [0.2, 0.25) is 0 Å². The molecule has 192 valence electrons. The second-order valence-electron chi connectivity index (χ2n) is 9.81. The number of rotatable bonds is 7. The van der Waals surface area contributed by atoms with Gasteiger partial charge in [-0.3, -0.25) is 0 Å². The van der Waals surface area contributed by atoms with Crippen LogP contribution in [0.15, 0.2) is 70.5 Å². The molecule has 35 heavy (non-hydrogen) atoms. The highest BCUT2D eigenvalue weighted by atomic mass is 32.3. The van der Waals surface area contributed by atoms with Crippen LogP contribution in [-0.4, -0.2) is 38.9 Å². The Kier molecular flexibility index (Phi) is 7.96. The lowest BCUT2D eigenvalue weighted by Crippen LogP contribution is -2.58. The summed E-state index contributed by atoms with van der Waals surface area (Å²) in [4.78, 5) is 11.8. The Bertz CT molecular complexity index is 1150. The van der Waals surface area contributed by atoms with Crippen molar-refractivity contribution in [3.63, 3.8) is 0 Å². The molecule has 0 bridgehead atoms. The first-order valence-corrected chi connectivity index (χ1v) is 14.5. The van der Waals surface area contributed by atoms with Crippen molar-refractivity contribution in [3.8, 4) is 0 Å². The zero-order valence-electron chi connectivity index (χ0n) is 20.1. The molecule has 1 atom stereocenters. The monoisotopic (exact) mass is 525 g/mol. The summed E-state index contributed by atoms with van der Waals surface area (Å²) in [6.07, 6.45) is -0.395. The zero-order chi connectivity index (χ0) is 25.9. The average Bonchev–Trinajstić information content (AvgIpc) is 2.82. The normalized spacial score (nSPS) is 16.9. The molecule has 1 unspecified atom stereocenters. The van der Waals surface area contributed by atoms with E-state index >= 15 is 4.39 Å². The maximum Gasteiger partial charge on any atom is 0.408 e. The maximum absolute atomic E-state index is 17.5. The molecule has 0 aliphatic heterocycles. The Labute approximate surface area is 206 Å². The lowest BCUT2D eigenvalue weighted by molar-refractivity contribution is 0.00393. The highest BCUT2D eigenvalue weighted by molar-refractivity contribution is 8.10. The molecule has 7 nitrogen and oxygen atoms in total. The van der Waals surface area contributed by atoms with E-state index in [0.717, 1.165) is 30.7 Å².